The molecule has 4 rings (SSSR count). The van der Waals surface area contributed by atoms with Crippen molar-refractivity contribution in [1.82, 2.24) is 4.98 Å². The first-order chi connectivity index (χ1) is 15.3. The van der Waals surface area contributed by atoms with Crippen molar-refractivity contribution in [2.24, 2.45) is 5.73 Å². The Hall–Kier alpha value is -3.43. The van der Waals surface area contributed by atoms with Crippen LogP contribution in [-0.2, 0) is 25.0 Å². The average molecular weight is 472 g/mol. The Morgan fingerprint density at radius 2 is 1.84 bits per heavy atom. The van der Waals surface area contributed by atoms with Gasteiger partial charge in [-0.25, -0.2) is 4.98 Å². The Morgan fingerprint density at radius 1 is 1.12 bits per heavy atom. The van der Waals surface area contributed by atoms with Crippen molar-refractivity contribution in [3.63, 3.8) is 0 Å². The van der Waals surface area contributed by atoms with Crippen molar-refractivity contribution in [1.29, 1.82) is 0 Å². The van der Waals surface area contributed by atoms with Crippen LogP contribution in [0.25, 0.3) is 0 Å². The zero-order valence-electron chi connectivity index (χ0n) is 16.9. The molecule has 2 aromatic carbocycles. The molecule has 8 nitrogen and oxygen atoms in total. The quantitative estimate of drug-likeness (QED) is 0.552. The van der Waals surface area contributed by atoms with E-state index in [-0.39, 0.29) is 39.2 Å². The third kappa shape index (κ3) is 3.04. The molecule has 10 heteroatoms. The van der Waals surface area contributed by atoms with Crippen LogP contribution in [0.2, 0.25) is 5.02 Å². The van der Waals surface area contributed by atoms with Gasteiger partial charge in [-0.2, -0.15) is 12.7 Å². The molecule has 0 saturated carbocycles. The fourth-order valence-corrected chi connectivity index (χ4v) is 5.46. The van der Waals surface area contributed by atoms with Crippen molar-refractivity contribution in [2.75, 3.05) is 10.9 Å². The Morgan fingerprint density at radius 3 is 2.50 bits per heavy atom. The lowest BCUT2D eigenvalue weighted by atomic mass is 9.74. The summed E-state index contributed by atoms with van der Waals surface area (Å²) in [6, 6.07) is 14.8. The predicted molar refractivity (Wildman–Crippen MR) is 118 cm³/mol. The van der Waals surface area contributed by atoms with Crippen LogP contribution < -0.4 is 14.8 Å². The molecule has 1 aromatic heterocycles. The minimum Gasteiger partial charge on any atom is -0.494 e. The predicted octanol–water partition coefficient (Wildman–Crippen LogP) is 2.64. The van der Waals surface area contributed by atoms with Gasteiger partial charge in [-0.15, -0.1) is 0 Å². The van der Waals surface area contributed by atoms with Gasteiger partial charge in [0.25, 0.3) is 15.9 Å². The Balaban J connectivity index is 2.08. The lowest BCUT2D eigenvalue weighted by molar-refractivity contribution is -0.131. The second-order valence-corrected chi connectivity index (χ2v) is 9.12. The summed E-state index contributed by atoms with van der Waals surface area (Å²) in [5, 5.41) is -0.152. The van der Waals surface area contributed by atoms with E-state index in [0.717, 1.165) is 0 Å². The molecule has 3 aromatic rings. The molecule has 0 saturated heterocycles. The van der Waals surface area contributed by atoms with Gasteiger partial charge >= 0.3 is 0 Å². The van der Waals surface area contributed by atoms with E-state index in [4.69, 9.17) is 22.1 Å². The van der Waals surface area contributed by atoms with Crippen LogP contribution in [-0.4, -0.2) is 31.8 Å². The number of nitrogens with two attached hydrogens (primary N) is 1. The van der Waals surface area contributed by atoms with E-state index in [2.05, 4.69) is 4.98 Å². The Labute approximate surface area is 189 Å². The van der Waals surface area contributed by atoms with Crippen LogP contribution in [0.4, 0.5) is 5.69 Å². The number of fused-ring (bicyclic) bond motifs is 1. The number of pyridine rings is 1. The number of hydrogen-bond donors (Lipinski definition) is 1. The first kappa shape index (κ1) is 21.8. The van der Waals surface area contributed by atoms with Gasteiger partial charge in [0, 0.05) is 22.3 Å². The maximum atomic E-state index is 13.9. The Kier molecular flexibility index (Phi) is 5.39. The van der Waals surface area contributed by atoms with Gasteiger partial charge in [0.2, 0.25) is 5.91 Å². The summed E-state index contributed by atoms with van der Waals surface area (Å²) < 4.78 is 33.2. The number of amides is 2. The molecule has 0 bridgehead atoms. The van der Waals surface area contributed by atoms with E-state index >= 15 is 0 Å². The van der Waals surface area contributed by atoms with Gasteiger partial charge in [-0.3, -0.25) is 9.59 Å². The number of rotatable bonds is 6. The zero-order chi connectivity index (χ0) is 23.1. The molecule has 2 N–H and O–H groups in total. The van der Waals surface area contributed by atoms with Gasteiger partial charge in [-0.05, 0) is 43.3 Å². The van der Waals surface area contributed by atoms with Crippen LogP contribution in [0, 0.1) is 0 Å². The number of halogens is 1. The first-order valence-electron chi connectivity index (χ1n) is 9.59. The number of benzene rings is 2. The lowest BCUT2D eigenvalue weighted by Gasteiger charge is -2.27. The van der Waals surface area contributed by atoms with Gasteiger partial charge in [0.15, 0.2) is 10.4 Å². The van der Waals surface area contributed by atoms with E-state index in [0.29, 0.717) is 4.31 Å². The molecule has 1 aliphatic heterocycles. The summed E-state index contributed by atoms with van der Waals surface area (Å²) >= 11 is 6.20. The molecule has 0 spiro atoms. The molecule has 1 aliphatic rings. The molecule has 0 radical (unpaired) electrons. The first-order valence-corrected chi connectivity index (χ1v) is 11.4. The monoisotopic (exact) mass is 471 g/mol. The lowest BCUT2D eigenvalue weighted by Crippen LogP contribution is -2.51. The average Bonchev–Trinajstić information content (AvgIpc) is 3.04. The number of para-hydroxylation sites is 1. The second kappa shape index (κ2) is 7.92. The largest absolute Gasteiger partial charge is 0.494 e. The number of ether oxygens (including phenoxy) is 1. The fraction of sp³-hybridized carbons (Fsp3) is 0.136. The van der Waals surface area contributed by atoms with Gasteiger partial charge < -0.3 is 10.5 Å². The van der Waals surface area contributed by atoms with Gasteiger partial charge in [0.1, 0.15) is 5.75 Å². The maximum absolute atomic E-state index is 13.9. The summed E-state index contributed by atoms with van der Waals surface area (Å²) in [4.78, 5) is 30.9. The highest BCUT2D eigenvalue weighted by Gasteiger charge is 2.61. The molecular weight excluding hydrogens is 454 g/mol. The van der Waals surface area contributed by atoms with E-state index in [1.807, 2.05) is 0 Å². The van der Waals surface area contributed by atoms with E-state index in [9.17, 15) is 18.0 Å². The summed E-state index contributed by atoms with van der Waals surface area (Å²) in [6.45, 7) is 1.99. The second-order valence-electron chi connectivity index (χ2n) is 6.95. The van der Waals surface area contributed by atoms with Crippen molar-refractivity contribution in [3.8, 4) is 5.75 Å². The van der Waals surface area contributed by atoms with Crippen LogP contribution in [0.3, 0.4) is 0 Å². The van der Waals surface area contributed by atoms with Crippen LogP contribution in [0.15, 0.2) is 71.9 Å². The van der Waals surface area contributed by atoms with Crippen LogP contribution >= 0.6 is 11.6 Å². The van der Waals surface area contributed by atoms with E-state index < -0.39 is 27.3 Å². The topological polar surface area (TPSA) is 120 Å². The third-order valence-electron chi connectivity index (χ3n) is 5.19. The molecular formula is C22H18ClN3O5S. The minimum atomic E-state index is -4.47. The SMILES string of the molecule is CCOc1ccccc1C1(C(N)=O)C(=O)N(S(=O)(=O)c2ccccn2)c2ccc(Cl)cc21. The fourth-order valence-electron chi connectivity index (χ4n) is 3.88. The third-order valence-corrected chi connectivity index (χ3v) is 7.04. The molecule has 0 aliphatic carbocycles. The summed E-state index contributed by atoms with van der Waals surface area (Å²) in [7, 11) is -4.47. The maximum Gasteiger partial charge on any atom is 0.288 e. The van der Waals surface area contributed by atoms with Gasteiger partial charge in [-0.1, -0.05) is 35.9 Å². The number of aromatic nitrogens is 1. The van der Waals surface area contributed by atoms with E-state index in [1.165, 1.54) is 42.6 Å². The van der Waals surface area contributed by atoms with Crippen LogP contribution in [0.5, 0.6) is 5.75 Å². The van der Waals surface area contributed by atoms with Crippen molar-refractivity contribution in [3.05, 3.63) is 83.0 Å². The number of nitrogens with zero attached hydrogens (tertiary/aromatic N) is 2. The van der Waals surface area contributed by atoms with Crippen molar-refractivity contribution >= 4 is 39.1 Å². The summed E-state index contributed by atoms with van der Waals surface area (Å²) in [6.07, 6.45) is 1.29. The van der Waals surface area contributed by atoms with Crippen molar-refractivity contribution < 1.29 is 22.7 Å². The molecule has 0 fully saturated rings. The highest BCUT2D eigenvalue weighted by molar-refractivity contribution is 7.93. The highest BCUT2D eigenvalue weighted by atomic mass is 35.5. The molecule has 32 heavy (non-hydrogen) atoms. The number of hydrogen-bond acceptors (Lipinski definition) is 6. The smallest absolute Gasteiger partial charge is 0.288 e. The molecule has 2 heterocycles. The summed E-state index contributed by atoms with van der Waals surface area (Å²) in [5.41, 5.74) is 3.81. The number of carbonyl (C=O) groups is 2. The zero-order valence-corrected chi connectivity index (χ0v) is 18.4. The van der Waals surface area contributed by atoms with Crippen LogP contribution in [0.1, 0.15) is 18.1 Å². The number of primary amides is 1. The molecule has 1 atom stereocenters. The highest BCUT2D eigenvalue weighted by Crippen LogP contribution is 2.51. The minimum absolute atomic E-state index is 0.0323. The normalized spacial score (nSPS) is 17.8. The molecule has 1 unspecified atom stereocenters. The Bertz CT molecular complexity index is 1330. The number of anilines is 1. The molecule has 164 valence electrons. The number of carbonyl (C=O) groups excluding carboxylic acids is 2. The van der Waals surface area contributed by atoms with Gasteiger partial charge in [0.05, 0.1) is 12.3 Å². The number of sulfonamides is 1. The molecule has 2 amide bonds. The standard InChI is InChI=1S/C22H18ClN3O5S/c1-2-31-18-8-4-3-7-15(18)22(20(24)27)16-13-14(23)10-11-17(16)26(21(22)28)32(29,30)19-9-5-6-12-25-19/h3-13H,2H2,1H3,(H2,24,27). The van der Waals surface area contributed by atoms with Crippen molar-refractivity contribution in [2.45, 2.75) is 17.4 Å². The van der Waals surface area contributed by atoms with E-state index in [1.54, 1.807) is 31.2 Å². The summed E-state index contributed by atoms with van der Waals surface area (Å²) in [5.74, 6) is -1.89.